The van der Waals surface area contributed by atoms with Crippen LogP contribution >= 0.6 is 15.9 Å². The van der Waals surface area contributed by atoms with Crippen LogP contribution in [0.5, 0.6) is 0 Å². The van der Waals surface area contributed by atoms with Crippen LogP contribution in [0.3, 0.4) is 0 Å². The van der Waals surface area contributed by atoms with Gasteiger partial charge in [0.05, 0.1) is 0 Å². The van der Waals surface area contributed by atoms with Crippen molar-refractivity contribution in [2.24, 2.45) is 5.92 Å². The number of halogens is 1. The largest absolute Gasteiger partial charge is 0.303 e. The standard InChI is InChI=1S/C11H22BrN/c1-2-13(9-8-12)10-11-6-4-3-5-7-11/h11H,2-10H2,1H3. The van der Waals surface area contributed by atoms with Gasteiger partial charge in [0.15, 0.2) is 0 Å². The van der Waals surface area contributed by atoms with E-state index in [1.54, 1.807) is 0 Å². The van der Waals surface area contributed by atoms with E-state index in [0.29, 0.717) is 0 Å². The monoisotopic (exact) mass is 247 g/mol. The van der Waals surface area contributed by atoms with E-state index in [0.717, 1.165) is 11.2 Å². The van der Waals surface area contributed by atoms with E-state index in [-0.39, 0.29) is 0 Å². The summed E-state index contributed by atoms with van der Waals surface area (Å²) in [6.45, 7) is 6.03. The molecule has 0 radical (unpaired) electrons. The summed E-state index contributed by atoms with van der Waals surface area (Å²) in [4.78, 5) is 2.57. The van der Waals surface area contributed by atoms with Gasteiger partial charge in [-0.2, -0.15) is 0 Å². The van der Waals surface area contributed by atoms with E-state index in [1.807, 2.05) is 0 Å². The maximum Gasteiger partial charge on any atom is 0.0159 e. The van der Waals surface area contributed by atoms with Gasteiger partial charge in [0.2, 0.25) is 0 Å². The van der Waals surface area contributed by atoms with Gasteiger partial charge in [-0.25, -0.2) is 0 Å². The summed E-state index contributed by atoms with van der Waals surface area (Å²) in [5.41, 5.74) is 0. The lowest BCUT2D eigenvalue weighted by molar-refractivity contribution is 0.218. The number of hydrogen-bond acceptors (Lipinski definition) is 1. The molecule has 2 heteroatoms. The van der Waals surface area contributed by atoms with Gasteiger partial charge in [-0.1, -0.05) is 42.1 Å². The Bertz CT molecular complexity index is 119. The van der Waals surface area contributed by atoms with Gasteiger partial charge in [0, 0.05) is 18.4 Å². The number of alkyl halides is 1. The molecule has 0 aromatic heterocycles. The average Bonchev–Trinajstić information content (AvgIpc) is 2.19. The summed E-state index contributed by atoms with van der Waals surface area (Å²) in [6.07, 6.45) is 7.35. The summed E-state index contributed by atoms with van der Waals surface area (Å²) < 4.78 is 0. The summed E-state index contributed by atoms with van der Waals surface area (Å²) >= 11 is 3.51. The highest BCUT2D eigenvalue weighted by atomic mass is 79.9. The van der Waals surface area contributed by atoms with E-state index in [2.05, 4.69) is 27.8 Å². The Kier molecular flexibility index (Phi) is 6.05. The highest BCUT2D eigenvalue weighted by Gasteiger charge is 2.15. The molecule has 1 nitrogen and oxygen atoms in total. The van der Waals surface area contributed by atoms with Crippen molar-refractivity contribution in [2.45, 2.75) is 39.0 Å². The van der Waals surface area contributed by atoms with Crippen LogP contribution in [0.4, 0.5) is 0 Å². The molecule has 1 aliphatic rings. The molecule has 0 N–H and O–H groups in total. The third-order valence-electron chi connectivity index (χ3n) is 3.09. The molecule has 0 heterocycles. The van der Waals surface area contributed by atoms with E-state index in [1.165, 1.54) is 51.7 Å². The van der Waals surface area contributed by atoms with Crippen molar-refractivity contribution in [3.05, 3.63) is 0 Å². The molecule has 1 saturated carbocycles. The molecule has 0 amide bonds. The molecule has 0 spiro atoms. The first-order chi connectivity index (χ1) is 6.36. The topological polar surface area (TPSA) is 3.24 Å². The Hall–Kier alpha value is 0.440. The SMILES string of the molecule is CCN(CCBr)CC1CCCCC1. The minimum atomic E-state index is 0.993. The molecule has 78 valence electrons. The molecule has 1 aliphatic carbocycles. The second kappa shape index (κ2) is 6.83. The van der Waals surface area contributed by atoms with Crippen LogP contribution in [0.2, 0.25) is 0 Å². The molecule has 1 rings (SSSR count). The fourth-order valence-corrected chi connectivity index (χ4v) is 2.73. The van der Waals surface area contributed by atoms with E-state index in [9.17, 15) is 0 Å². The molecule has 0 aliphatic heterocycles. The predicted molar refractivity (Wildman–Crippen MR) is 62.5 cm³/mol. The predicted octanol–water partition coefficient (Wildman–Crippen LogP) is 3.28. The van der Waals surface area contributed by atoms with Gasteiger partial charge >= 0.3 is 0 Å². The lowest BCUT2D eigenvalue weighted by atomic mass is 9.89. The fourth-order valence-electron chi connectivity index (χ4n) is 2.23. The van der Waals surface area contributed by atoms with Crippen LogP contribution in [0.1, 0.15) is 39.0 Å². The molecule has 0 unspecified atom stereocenters. The molecule has 0 aromatic rings. The van der Waals surface area contributed by atoms with Crippen molar-refractivity contribution in [3.8, 4) is 0 Å². The number of rotatable bonds is 5. The molecular formula is C11H22BrN. The molecule has 0 saturated heterocycles. The highest BCUT2D eigenvalue weighted by Crippen LogP contribution is 2.24. The van der Waals surface area contributed by atoms with Crippen molar-refractivity contribution < 1.29 is 0 Å². The Morgan fingerprint density at radius 1 is 1.23 bits per heavy atom. The third kappa shape index (κ3) is 4.46. The quantitative estimate of drug-likeness (QED) is 0.675. The van der Waals surface area contributed by atoms with Crippen LogP contribution in [-0.4, -0.2) is 29.9 Å². The first kappa shape index (κ1) is 11.5. The summed E-state index contributed by atoms with van der Waals surface area (Å²) in [7, 11) is 0. The van der Waals surface area contributed by atoms with Crippen molar-refractivity contribution in [2.75, 3.05) is 25.0 Å². The minimum Gasteiger partial charge on any atom is -0.303 e. The first-order valence-electron chi connectivity index (χ1n) is 5.65. The van der Waals surface area contributed by atoms with E-state index < -0.39 is 0 Å². The van der Waals surface area contributed by atoms with Crippen LogP contribution in [0.15, 0.2) is 0 Å². The zero-order valence-electron chi connectivity index (χ0n) is 8.77. The molecule has 13 heavy (non-hydrogen) atoms. The van der Waals surface area contributed by atoms with Gasteiger partial charge in [0.1, 0.15) is 0 Å². The van der Waals surface area contributed by atoms with Crippen molar-refractivity contribution in [1.82, 2.24) is 4.90 Å². The maximum atomic E-state index is 3.51. The van der Waals surface area contributed by atoms with Gasteiger partial charge in [-0.3, -0.25) is 0 Å². The highest BCUT2D eigenvalue weighted by molar-refractivity contribution is 9.09. The average molecular weight is 248 g/mol. The number of nitrogens with zero attached hydrogens (tertiary/aromatic N) is 1. The smallest absolute Gasteiger partial charge is 0.0159 e. The molecule has 0 atom stereocenters. The Balaban J connectivity index is 2.18. The van der Waals surface area contributed by atoms with Crippen LogP contribution in [0, 0.1) is 5.92 Å². The van der Waals surface area contributed by atoms with Crippen LogP contribution < -0.4 is 0 Å². The number of hydrogen-bond donors (Lipinski definition) is 0. The normalized spacial score (nSPS) is 19.6. The van der Waals surface area contributed by atoms with Crippen LogP contribution in [-0.2, 0) is 0 Å². The second-order valence-corrected chi connectivity index (χ2v) is 4.88. The Morgan fingerprint density at radius 3 is 2.46 bits per heavy atom. The van der Waals surface area contributed by atoms with E-state index in [4.69, 9.17) is 0 Å². The fraction of sp³-hybridized carbons (Fsp3) is 1.00. The molecule has 0 bridgehead atoms. The molecule has 0 aromatic carbocycles. The zero-order chi connectivity index (χ0) is 9.52. The van der Waals surface area contributed by atoms with Crippen molar-refractivity contribution >= 4 is 15.9 Å². The zero-order valence-corrected chi connectivity index (χ0v) is 10.4. The Morgan fingerprint density at radius 2 is 1.92 bits per heavy atom. The molecular weight excluding hydrogens is 226 g/mol. The van der Waals surface area contributed by atoms with Crippen molar-refractivity contribution in [3.63, 3.8) is 0 Å². The van der Waals surface area contributed by atoms with E-state index >= 15 is 0 Å². The second-order valence-electron chi connectivity index (χ2n) is 4.09. The van der Waals surface area contributed by atoms with Crippen LogP contribution in [0.25, 0.3) is 0 Å². The van der Waals surface area contributed by atoms with Gasteiger partial charge in [0.25, 0.3) is 0 Å². The first-order valence-corrected chi connectivity index (χ1v) is 6.77. The summed E-state index contributed by atoms with van der Waals surface area (Å²) in [6, 6.07) is 0. The maximum absolute atomic E-state index is 3.51. The molecule has 1 fully saturated rings. The summed E-state index contributed by atoms with van der Waals surface area (Å²) in [5.74, 6) is 0.993. The third-order valence-corrected chi connectivity index (χ3v) is 3.44. The lowest BCUT2D eigenvalue weighted by Crippen LogP contribution is -2.31. The van der Waals surface area contributed by atoms with Gasteiger partial charge < -0.3 is 4.90 Å². The Labute approximate surface area is 91.0 Å². The lowest BCUT2D eigenvalue weighted by Gasteiger charge is -2.28. The summed E-state index contributed by atoms with van der Waals surface area (Å²) in [5, 5.41) is 1.12. The minimum absolute atomic E-state index is 0.993. The van der Waals surface area contributed by atoms with Crippen molar-refractivity contribution in [1.29, 1.82) is 0 Å². The van der Waals surface area contributed by atoms with Gasteiger partial charge in [-0.05, 0) is 25.3 Å². The van der Waals surface area contributed by atoms with Gasteiger partial charge in [-0.15, -0.1) is 0 Å².